The van der Waals surface area contributed by atoms with Crippen molar-refractivity contribution in [3.8, 4) is 0 Å². The zero-order chi connectivity index (χ0) is 16.3. The molecule has 4 nitrogen and oxygen atoms in total. The van der Waals surface area contributed by atoms with Crippen LogP contribution in [0.4, 0.5) is 5.69 Å². The molecule has 7 atom stereocenters. The fraction of sp³-hybridized carbons (Fsp3) is 0.550. The van der Waals surface area contributed by atoms with Gasteiger partial charge >= 0.3 is 0 Å². The van der Waals surface area contributed by atoms with Gasteiger partial charge in [0.05, 0.1) is 12.7 Å². The predicted molar refractivity (Wildman–Crippen MR) is 90.6 cm³/mol. The molecule has 24 heavy (non-hydrogen) atoms. The fourth-order valence-electron chi connectivity index (χ4n) is 7.38. The third-order valence-electron chi connectivity index (χ3n) is 7.93. The maximum absolute atomic E-state index is 13.4. The van der Waals surface area contributed by atoms with Gasteiger partial charge in [0, 0.05) is 35.5 Å². The molecule has 2 saturated heterocycles. The van der Waals surface area contributed by atoms with Gasteiger partial charge in [0.2, 0.25) is 5.91 Å². The third kappa shape index (κ3) is 1.12. The zero-order valence-electron chi connectivity index (χ0n) is 13.9. The molecule has 0 radical (unpaired) electrons. The number of hydrogen-bond acceptors (Lipinski definition) is 3. The van der Waals surface area contributed by atoms with Crippen LogP contribution >= 0.6 is 0 Å². The second-order valence-corrected chi connectivity index (χ2v) is 8.40. The number of para-hydroxylation sites is 1. The molecule has 1 spiro atoms. The number of likely N-dealkylation sites (tertiary alicyclic amines) is 1. The van der Waals surface area contributed by atoms with Crippen molar-refractivity contribution in [2.75, 3.05) is 25.5 Å². The van der Waals surface area contributed by atoms with Crippen molar-refractivity contribution in [3.05, 3.63) is 42.5 Å². The van der Waals surface area contributed by atoms with Crippen LogP contribution in [-0.4, -0.2) is 43.2 Å². The SMILES string of the molecule is C=C[C@]12CN(C)[C@@H]3[C@@H]4CO[C@H](C[C@H]41)[C@]1(C(=O)Nc4ccccc41)[C@H]32. The van der Waals surface area contributed by atoms with Gasteiger partial charge in [-0.2, -0.15) is 0 Å². The minimum atomic E-state index is -0.554. The first-order valence-corrected chi connectivity index (χ1v) is 9.01. The van der Waals surface area contributed by atoms with Crippen LogP contribution in [0.3, 0.4) is 0 Å². The number of piperidine rings is 1. The second-order valence-electron chi connectivity index (χ2n) is 8.40. The van der Waals surface area contributed by atoms with E-state index in [9.17, 15) is 4.79 Å². The summed E-state index contributed by atoms with van der Waals surface area (Å²) in [4.78, 5) is 15.9. The van der Waals surface area contributed by atoms with E-state index < -0.39 is 5.41 Å². The monoisotopic (exact) mass is 322 g/mol. The molecular weight excluding hydrogens is 300 g/mol. The smallest absolute Gasteiger partial charge is 0.238 e. The van der Waals surface area contributed by atoms with Crippen LogP contribution in [0.25, 0.3) is 0 Å². The molecule has 3 heterocycles. The highest BCUT2D eigenvalue weighted by atomic mass is 16.5. The lowest BCUT2D eigenvalue weighted by Crippen LogP contribution is -2.62. The summed E-state index contributed by atoms with van der Waals surface area (Å²) in [6.07, 6.45) is 3.17. The molecule has 3 aliphatic heterocycles. The summed E-state index contributed by atoms with van der Waals surface area (Å²) in [5.41, 5.74) is 1.61. The first kappa shape index (κ1) is 13.6. The molecular formula is C20H22N2O2. The molecule has 0 aromatic heterocycles. The van der Waals surface area contributed by atoms with Gasteiger partial charge in [0.1, 0.15) is 5.41 Å². The van der Waals surface area contributed by atoms with Crippen LogP contribution in [0.5, 0.6) is 0 Å². The van der Waals surface area contributed by atoms with Crippen molar-refractivity contribution in [1.82, 2.24) is 4.90 Å². The maximum atomic E-state index is 13.4. The van der Waals surface area contributed by atoms with E-state index in [2.05, 4.69) is 42.1 Å². The van der Waals surface area contributed by atoms with Crippen molar-refractivity contribution >= 4 is 11.6 Å². The van der Waals surface area contributed by atoms with Gasteiger partial charge in [0.25, 0.3) is 0 Å². The number of anilines is 1. The van der Waals surface area contributed by atoms with Crippen LogP contribution < -0.4 is 5.32 Å². The van der Waals surface area contributed by atoms with Crippen molar-refractivity contribution in [2.24, 2.45) is 23.2 Å². The number of nitrogens with zero attached hydrogens (tertiary/aromatic N) is 1. The Bertz CT molecular complexity index is 792. The van der Waals surface area contributed by atoms with E-state index in [1.165, 1.54) is 0 Å². The Hall–Kier alpha value is -1.65. The lowest BCUT2D eigenvalue weighted by atomic mass is 9.51. The highest BCUT2D eigenvalue weighted by Gasteiger charge is 2.79. The third-order valence-corrected chi connectivity index (χ3v) is 7.93. The number of benzene rings is 1. The van der Waals surface area contributed by atoms with Crippen molar-refractivity contribution < 1.29 is 9.53 Å². The Morgan fingerprint density at radius 2 is 2.25 bits per heavy atom. The molecule has 5 aliphatic rings. The van der Waals surface area contributed by atoms with E-state index in [-0.39, 0.29) is 23.3 Å². The molecule has 2 aliphatic carbocycles. The molecule has 1 aromatic carbocycles. The highest BCUT2D eigenvalue weighted by molar-refractivity contribution is 6.07. The molecule has 1 amide bonds. The molecule has 1 N–H and O–H groups in total. The van der Waals surface area contributed by atoms with Crippen molar-refractivity contribution in [1.29, 1.82) is 0 Å². The lowest BCUT2D eigenvalue weighted by Gasteiger charge is -2.54. The normalized spacial score (nSPS) is 50.4. The number of nitrogens with one attached hydrogen (secondary N) is 1. The highest BCUT2D eigenvalue weighted by Crippen LogP contribution is 2.73. The van der Waals surface area contributed by atoms with Gasteiger partial charge in [-0.15, -0.1) is 6.58 Å². The van der Waals surface area contributed by atoms with Gasteiger partial charge in [-0.1, -0.05) is 24.3 Å². The summed E-state index contributed by atoms with van der Waals surface area (Å²) >= 11 is 0. The molecule has 4 fully saturated rings. The van der Waals surface area contributed by atoms with Crippen molar-refractivity contribution in [3.63, 3.8) is 0 Å². The Morgan fingerprint density at radius 3 is 3.08 bits per heavy atom. The first-order chi connectivity index (χ1) is 11.6. The van der Waals surface area contributed by atoms with Crippen LogP contribution in [-0.2, 0) is 14.9 Å². The number of fused-ring (bicyclic) bond motifs is 5. The lowest BCUT2D eigenvalue weighted by molar-refractivity contribution is -0.153. The average molecular weight is 322 g/mol. The molecule has 4 heteroatoms. The molecule has 1 aromatic rings. The summed E-state index contributed by atoms with van der Waals surface area (Å²) < 4.78 is 6.34. The van der Waals surface area contributed by atoms with Gasteiger partial charge in [-0.3, -0.25) is 4.79 Å². The number of amides is 1. The number of ether oxygens (including phenoxy) is 1. The molecule has 124 valence electrons. The topological polar surface area (TPSA) is 41.6 Å². The van der Waals surface area contributed by atoms with Crippen LogP contribution in [0.2, 0.25) is 0 Å². The van der Waals surface area contributed by atoms with E-state index in [0.29, 0.717) is 17.9 Å². The summed E-state index contributed by atoms with van der Waals surface area (Å²) in [5, 5.41) is 3.18. The molecule has 5 bridgehead atoms. The van der Waals surface area contributed by atoms with Crippen molar-refractivity contribution in [2.45, 2.75) is 24.0 Å². The maximum Gasteiger partial charge on any atom is 0.238 e. The van der Waals surface area contributed by atoms with E-state index in [4.69, 9.17) is 4.74 Å². The Morgan fingerprint density at radius 1 is 1.42 bits per heavy atom. The summed E-state index contributed by atoms with van der Waals surface area (Å²) in [6.45, 7) is 6.06. The minimum absolute atomic E-state index is 0.00280. The summed E-state index contributed by atoms with van der Waals surface area (Å²) in [5.74, 6) is 1.56. The summed E-state index contributed by atoms with van der Waals surface area (Å²) in [6, 6.07) is 8.64. The number of carbonyl (C=O) groups is 1. The Balaban J connectivity index is 1.69. The largest absolute Gasteiger partial charge is 0.376 e. The van der Waals surface area contributed by atoms with E-state index in [0.717, 1.165) is 30.8 Å². The second kappa shape index (κ2) is 3.94. The van der Waals surface area contributed by atoms with Gasteiger partial charge in [-0.05, 0) is 31.0 Å². The average Bonchev–Trinajstić information content (AvgIpc) is 3.08. The quantitative estimate of drug-likeness (QED) is 0.805. The Labute approximate surface area is 141 Å². The standard InChI is InChI=1S/C20H22N2O2/c1-3-19-10-22(2)16-11-9-24-15(8-13(11)19)20(17(16)19)12-6-4-5-7-14(12)21-18(20)23/h3-7,11,13,15-17H,1,8-10H2,2H3,(H,21,23)/t11-,13-,15-,16-,17-,19+,20+/m1/s1. The molecule has 0 unspecified atom stereocenters. The van der Waals surface area contributed by atoms with E-state index in [1.54, 1.807) is 0 Å². The number of carbonyl (C=O) groups excluding carboxylic acids is 1. The van der Waals surface area contributed by atoms with Crippen LogP contribution in [0.1, 0.15) is 12.0 Å². The fourth-order valence-corrected chi connectivity index (χ4v) is 7.38. The molecule has 6 rings (SSSR count). The van der Waals surface area contributed by atoms with E-state index in [1.807, 2.05) is 12.1 Å². The molecule has 2 saturated carbocycles. The predicted octanol–water partition coefficient (Wildman–Crippen LogP) is 2.03. The minimum Gasteiger partial charge on any atom is -0.376 e. The number of hydrogen-bond donors (Lipinski definition) is 1. The van der Waals surface area contributed by atoms with Crippen LogP contribution in [0, 0.1) is 23.2 Å². The first-order valence-electron chi connectivity index (χ1n) is 9.01. The van der Waals surface area contributed by atoms with E-state index >= 15 is 0 Å². The zero-order valence-corrected chi connectivity index (χ0v) is 13.9. The van der Waals surface area contributed by atoms with Gasteiger partial charge in [-0.25, -0.2) is 0 Å². The summed E-state index contributed by atoms with van der Waals surface area (Å²) in [7, 11) is 2.21. The Kier molecular flexibility index (Phi) is 2.24. The van der Waals surface area contributed by atoms with Gasteiger partial charge in [0.15, 0.2) is 0 Å². The van der Waals surface area contributed by atoms with Crippen LogP contribution in [0.15, 0.2) is 36.9 Å². The van der Waals surface area contributed by atoms with Gasteiger partial charge < -0.3 is 15.0 Å². The number of rotatable bonds is 1.